The molecule has 0 atom stereocenters. The summed E-state index contributed by atoms with van der Waals surface area (Å²) in [5.41, 5.74) is 1.86. The molecule has 2 aromatic rings. The fraction of sp³-hybridized carbons (Fsp3) is 0.235. The topological polar surface area (TPSA) is 83.7 Å². The summed E-state index contributed by atoms with van der Waals surface area (Å²) < 4.78 is 94.1. The third-order valence-corrected chi connectivity index (χ3v) is 3.64. The van der Waals surface area contributed by atoms with Crippen LogP contribution in [0.15, 0.2) is 52.2 Å². The van der Waals surface area contributed by atoms with Crippen molar-refractivity contribution in [3.05, 3.63) is 54.0 Å². The summed E-state index contributed by atoms with van der Waals surface area (Å²) in [6.07, 6.45) is -5.39. The van der Waals surface area contributed by atoms with Crippen molar-refractivity contribution >= 4 is 23.2 Å². The Morgan fingerprint density at radius 1 is 1.00 bits per heavy atom. The van der Waals surface area contributed by atoms with E-state index in [4.69, 9.17) is 4.42 Å². The fourth-order valence-corrected chi connectivity index (χ4v) is 2.01. The lowest BCUT2D eigenvalue weighted by atomic mass is 10.1. The highest BCUT2D eigenvalue weighted by atomic mass is 19.4. The van der Waals surface area contributed by atoms with Crippen molar-refractivity contribution in [3.8, 4) is 0 Å². The first-order valence-electron chi connectivity index (χ1n) is 7.89. The molecule has 6 nitrogen and oxygen atoms in total. The van der Waals surface area contributed by atoms with E-state index in [9.17, 15) is 40.3 Å². The Balaban J connectivity index is 2.16. The van der Waals surface area contributed by atoms with E-state index in [1.165, 1.54) is 42.8 Å². The first-order valence-corrected chi connectivity index (χ1v) is 7.89. The summed E-state index contributed by atoms with van der Waals surface area (Å²) in [4.78, 5) is 23.1. The van der Waals surface area contributed by atoms with Gasteiger partial charge in [0.2, 0.25) is 0 Å². The molecule has 0 aliphatic carbocycles. The second kappa shape index (κ2) is 8.16. The molecule has 0 saturated heterocycles. The van der Waals surface area contributed by atoms with Crippen molar-refractivity contribution in [3.63, 3.8) is 0 Å². The molecule has 0 radical (unpaired) electrons. The van der Waals surface area contributed by atoms with Crippen LogP contribution in [0.2, 0.25) is 0 Å². The van der Waals surface area contributed by atoms with Gasteiger partial charge in [0.15, 0.2) is 5.76 Å². The molecule has 2 rings (SSSR count). The number of alkyl halides is 7. The van der Waals surface area contributed by atoms with E-state index >= 15 is 0 Å². The molecule has 0 fully saturated rings. The van der Waals surface area contributed by atoms with E-state index in [1.54, 1.807) is 0 Å². The number of amides is 2. The molecule has 0 aliphatic rings. The number of hydrazone groups is 1. The number of carbonyl (C=O) groups is 2. The number of furan rings is 1. The number of benzene rings is 1. The minimum atomic E-state index is -6.63. The van der Waals surface area contributed by atoms with Crippen LogP contribution in [-0.2, 0) is 4.79 Å². The standard InChI is InChI=1S/C17H12F7N3O3/c1-9(26-27-13(28)12-6-3-7-30-12)10-4-2-5-11(8-10)25-14(29)15(18,19)16(20,21)17(22,23)24/h2-8H,1H3,(H,25,29)(H,27,28)/b26-9+. The lowest BCUT2D eigenvalue weighted by Gasteiger charge is -2.27. The number of nitrogens with zero attached hydrogens (tertiary/aromatic N) is 1. The average molecular weight is 439 g/mol. The number of hydrogen-bond donors (Lipinski definition) is 2. The van der Waals surface area contributed by atoms with Crippen LogP contribution in [0, 0.1) is 0 Å². The first kappa shape index (κ1) is 22.9. The molecule has 30 heavy (non-hydrogen) atoms. The van der Waals surface area contributed by atoms with Gasteiger partial charge in [0, 0.05) is 5.69 Å². The molecular weight excluding hydrogens is 427 g/mol. The molecular formula is C17H12F7N3O3. The smallest absolute Gasteiger partial charge is 0.459 e. The number of hydrogen-bond acceptors (Lipinski definition) is 4. The maximum atomic E-state index is 13.4. The summed E-state index contributed by atoms with van der Waals surface area (Å²) in [6, 6.07) is 7.33. The molecule has 0 saturated carbocycles. The van der Waals surface area contributed by atoms with Gasteiger partial charge >= 0.3 is 29.8 Å². The van der Waals surface area contributed by atoms with Gasteiger partial charge in [-0.2, -0.15) is 35.8 Å². The predicted octanol–water partition coefficient (Wildman–Crippen LogP) is 4.21. The third kappa shape index (κ3) is 4.60. The zero-order chi connectivity index (χ0) is 22.7. The number of halogens is 7. The quantitative estimate of drug-likeness (QED) is 0.402. The molecule has 0 bridgehead atoms. The largest absolute Gasteiger partial charge is 0.460 e. The second-order valence-electron chi connectivity index (χ2n) is 5.80. The van der Waals surface area contributed by atoms with Crippen LogP contribution >= 0.6 is 0 Å². The predicted molar refractivity (Wildman–Crippen MR) is 89.4 cm³/mol. The van der Waals surface area contributed by atoms with Gasteiger partial charge in [-0.1, -0.05) is 12.1 Å². The Hall–Kier alpha value is -3.38. The van der Waals surface area contributed by atoms with Gasteiger partial charge in [-0.3, -0.25) is 9.59 Å². The van der Waals surface area contributed by atoms with E-state index in [1.807, 2.05) is 0 Å². The Labute approximate surface area is 163 Å². The molecule has 1 heterocycles. The number of nitrogens with one attached hydrogen (secondary N) is 2. The molecule has 0 spiro atoms. The average Bonchev–Trinajstić information content (AvgIpc) is 3.19. The van der Waals surface area contributed by atoms with Crippen molar-refractivity contribution in [2.24, 2.45) is 5.10 Å². The summed E-state index contributed by atoms with van der Waals surface area (Å²) >= 11 is 0. The Bertz CT molecular complexity index is 954. The van der Waals surface area contributed by atoms with Gasteiger partial charge in [0.25, 0.3) is 0 Å². The highest BCUT2D eigenvalue weighted by Crippen LogP contribution is 2.46. The monoisotopic (exact) mass is 439 g/mol. The van der Waals surface area contributed by atoms with Crippen LogP contribution in [0.4, 0.5) is 36.4 Å². The third-order valence-electron chi connectivity index (χ3n) is 3.64. The minimum absolute atomic E-state index is 0.0552. The normalized spacial score (nSPS) is 13.1. The Morgan fingerprint density at radius 2 is 1.67 bits per heavy atom. The SMILES string of the molecule is C/C(=N\NC(=O)c1ccco1)c1cccc(NC(=O)C(F)(F)C(F)(F)C(F)(F)F)c1. The van der Waals surface area contributed by atoms with Crippen molar-refractivity contribution in [2.45, 2.75) is 24.9 Å². The summed E-state index contributed by atoms with van der Waals surface area (Å²) in [6.45, 7) is 1.37. The van der Waals surface area contributed by atoms with Gasteiger partial charge in [-0.05, 0) is 36.8 Å². The van der Waals surface area contributed by atoms with Crippen LogP contribution < -0.4 is 10.7 Å². The second-order valence-corrected chi connectivity index (χ2v) is 5.80. The van der Waals surface area contributed by atoms with E-state index < -0.39 is 35.5 Å². The van der Waals surface area contributed by atoms with Gasteiger partial charge in [-0.25, -0.2) is 5.43 Å². The van der Waals surface area contributed by atoms with Crippen LogP contribution in [0.1, 0.15) is 23.0 Å². The maximum absolute atomic E-state index is 13.4. The zero-order valence-corrected chi connectivity index (χ0v) is 14.9. The highest BCUT2D eigenvalue weighted by Gasteiger charge is 2.76. The van der Waals surface area contributed by atoms with Crippen molar-refractivity contribution in [2.75, 3.05) is 5.32 Å². The Morgan fingerprint density at radius 3 is 2.23 bits per heavy atom. The Kier molecular flexibility index (Phi) is 6.23. The molecule has 2 amide bonds. The summed E-state index contributed by atoms with van der Waals surface area (Å²) in [7, 11) is 0. The summed E-state index contributed by atoms with van der Waals surface area (Å²) in [5.74, 6) is -16.2. The van der Waals surface area contributed by atoms with Crippen LogP contribution in [0.3, 0.4) is 0 Å². The molecule has 162 valence electrons. The molecule has 0 unspecified atom stereocenters. The molecule has 2 N–H and O–H groups in total. The van der Waals surface area contributed by atoms with Crippen molar-refractivity contribution < 1.29 is 44.7 Å². The van der Waals surface area contributed by atoms with E-state index in [0.29, 0.717) is 0 Å². The zero-order valence-electron chi connectivity index (χ0n) is 14.9. The molecule has 1 aromatic carbocycles. The van der Waals surface area contributed by atoms with E-state index in [2.05, 4.69) is 10.5 Å². The summed E-state index contributed by atoms with van der Waals surface area (Å²) in [5, 5.41) is 5.04. The van der Waals surface area contributed by atoms with Crippen LogP contribution in [0.5, 0.6) is 0 Å². The van der Waals surface area contributed by atoms with Gasteiger partial charge < -0.3 is 9.73 Å². The lowest BCUT2D eigenvalue weighted by molar-refractivity contribution is -0.343. The van der Waals surface area contributed by atoms with Crippen molar-refractivity contribution in [1.29, 1.82) is 0 Å². The fourth-order valence-electron chi connectivity index (χ4n) is 2.01. The van der Waals surface area contributed by atoms with E-state index in [-0.39, 0.29) is 17.0 Å². The number of carbonyl (C=O) groups excluding carboxylic acids is 2. The highest BCUT2D eigenvalue weighted by molar-refractivity contribution is 6.02. The van der Waals surface area contributed by atoms with E-state index in [0.717, 1.165) is 12.1 Å². The molecule has 0 aliphatic heterocycles. The first-order chi connectivity index (χ1) is 13.8. The number of rotatable bonds is 6. The minimum Gasteiger partial charge on any atom is -0.459 e. The van der Waals surface area contributed by atoms with Crippen LogP contribution in [0.25, 0.3) is 0 Å². The molecule has 13 heteroatoms. The van der Waals surface area contributed by atoms with Crippen molar-refractivity contribution in [1.82, 2.24) is 5.43 Å². The van der Waals surface area contributed by atoms with Gasteiger partial charge in [0.05, 0.1) is 12.0 Å². The maximum Gasteiger partial charge on any atom is 0.460 e. The van der Waals surface area contributed by atoms with Gasteiger partial charge in [-0.15, -0.1) is 0 Å². The lowest BCUT2D eigenvalue weighted by Crippen LogP contribution is -2.57. The molecule has 1 aromatic heterocycles. The van der Waals surface area contributed by atoms with Gasteiger partial charge in [0.1, 0.15) is 0 Å². The number of anilines is 1. The van der Waals surface area contributed by atoms with Crippen LogP contribution in [-0.4, -0.2) is 35.5 Å².